The second kappa shape index (κ2) is 8.26. The molecular weight excluding hydrogens is 306 g/mol. The van der Waals surface area contributed by atoms with Gasteiger partial charge in [0.2, 0.25) is 0 Å². The number of carbonyl (C=O) groups excluding carboxylic acids is 2. The highest BCUT2D eigenvalue weighted by Crippen LogP contribution is 2.18. The third-order valence-corrected chi connectivity index (χ3v) is 2.35. The fourth-order valence-electron chi connectivity index (χ4n) is 1.58. The van der Waals surface area contributed by atoms with Gasteiger partial charge in [0.1, 0.15) is 5.60 Å². The number of hydrogen-bond acceptors (Lipinski definition) is 6. The van der Waals surface area contributed by atoms with Crippen LogP contribution in [-0.2, 0) is 24.0 Å². The van der Waals surface area contributed by atoms with Gasteiger partial charge in [-0.25, -0.2) is 9.59 Å². The van der Waals surface area contributed by atoms with Gasteiger partial charge < -0.3 is 14.9 Å². The van der Waals surface area contributed by atoms with E-state index in [0.29, 0.717) is 5.06 Å². The Morgan fingerprint density at radius 1 is 1.04 bits per heavy atom. The van der Waals surface area contributed by atoms with Crippen LogP contribution in [0, 0.1) is 0 Å². The van der Waals surface area contributed by atoms with Gasteiger partial charge >= 0.3 is 17.8 Å². The van der Waals surface area contributed by atoms with Gasteiger partial charge in [0, 0.05) is 6.61 Å². The van der Waals surface area contributed by atoms with E-state index in [1.807, 2.05) is 0 Å². The lowest BCUT2D eigenvalue weighted by Gasteiger charge is -2.33. The lowest BCUT2D eigenvalue weighted by atomic mass is 10.1. The molecular formula is C15H27NO7. The van der Waals surface area contributed by atoms with Crippen LogP contribution in [0.5, 0.6) is 0 Å². The number of rotatable bonds is 6. The Kier molecular flexibility index (Phi) is 7.66. The topological polar surface area (TPSA) is 113 Å². The predicted octanol–water partition coefficient (Wildman–Crippen LogP) is 1.11. The van der Waals surface area contributed by atoms with E-state index in [1.54, 1.807) is 41.5 Å². The summed E-state index contributed by atoms with van der Waals surface area (Å²) in [6.45, 7) is 9.39. The molecule has 23 heavy (non-hydrogen) atoms. The highest BCUT2D eigenvalue weighted by Gasteiger charge is 2.38. The predicted molar refractivity (Wildman–Crippen MR) is 81.3 cm³/mol. The van der Waals surface area contributed by atoms with E-state index >= 15 is 0 Å². The molecule has 1 atom stereocenters. The Balaban J connectivity index is 5.44. The first-order valence-electron chi connectivity index (χ1n) is 7.38. The van der Waals surface area contributed by atoms with Gasteiger partial charge in [-0.1, -0.05) is 0 Å². The number of aliphatic hydroxyl groups is 1. The molecule has 0 rings (SSSR count). The van der Waals surface area contributed by atoms with E-state index in [0.717, 1.165) is 0 Å². The van der Waals surface area contributed by atoms with Gasteiger partial charge in [0.25, 0.3) is 0 Å². The summed E-state index contributed by atoms with van der Waals surface area (Å²) >= 11 is 0. The number of nitrogens with zero attached hydrogens (tertiary/aromatic N) is 1. The van der Waals surface area contributed by atoms with Crippen LogP contribution in [0.4, 0.5) is 0 Å². The number of amides is 1. The van der Waals surface area contributed by atoms with Crippen molar-refractivity contribution in [2.24, 2.45) is 0 Å². The van der Waals surface area contributed by atoms with Crippen LogP contribution in [0.1, 0.15) is 54.4 Å². The van der Waals surface area contributed by atoms with Crippen molar-refractivity contribution in [1.29, 1.82) is 0 Å². The largest absolute Gasteiger partial charge is 0.480 e. The minimum atomic E-state index is -1.40. The first-order chi connectivity index (χ1) is 10.3. The molecule has 0 aromatic rings. The molecule has 0 fully saturated rings. The first kappa shape index (κ1) is 21.3. The maximum Gasteiger partial charge on any atom is 0.399 e. The van der Waals surface area contributed by atoms with Gasteiger partial charge in [-0.05, 0) is 54.4 Å². The summed E-state index contributed by atoms with van der Waals surface area (Å²) in [5.74, 6) is -3.73. The van der Waals surface area contributed by atoms with Gasteiger partial charge in [-0.2, -0.15) is 5.06 Å². The summed E-state index contributed by atoms with van der Waals surface area (Å²) in [4.78, 5) is 41.1. The van der Waals surface area contributed by atoms with Crippen LogP contribution in [0.2, 0.25) is 0 Å². The second-order valence-electron chi connectivity index (χ2n) is 7.06. The Hall–Kier alpha value is -1.67. The average molecular weight is 333 g/mol. The molecule has 2 N–H and O–H groups in total. The SMILES string of the molecule is CC(C)(C)OC(=O)C(=O)N(OC(C)(C)C)[C@@H](CCCO)C(=O)O. The quantitative estimate of drug-likeness (QED) is 0.425. The number of ether oxygens (including phenoxy) is 1. The number of esters is 1. The molecule has 0 unspecified atom stereocenters. The maximum atomic E-state index is 12.3. The summed E-state index contributed by atoms with van der Waals surface area (Å²) in [5.41, 5.74) is -1.80. The Labute approximate surface area is 136 Å². The highest BCUT2D eigenvalue weighted by molar-refractivity contribution is 6.32. The first-order valence-corrected chi connectivity index (χ1v) is 7.38. The Morgan fingerprint density at radius 2 is 1.57 bits per heavy atom. The summed E-state index contributed by atoms with van der Waals surface area (Å²) in [7, 11) is 0. The lowest BCUT2D eigenvalue weighted by Crippen LogP contribution is -2.52. The van der Waals surface area contributed by atoms with Crippen LogP contribution in [0.3, 0.4) is 0 Å². The third-order valence-electron chi connectivity index (χ3n) is 2.35. The van der Waals surface area contributed by atoms with E-state index < -0.39 is 35.1 Å². The number of carboxylic acids is 1. The number of carbonyl (C=O) groups is 3. The molecule has 0 aliphatic carbocycles. The fraction of sp³-hybridized carbons (Fsp3) is 0.800. The van der Waals surface area contributed by atoms with Crippen molar-refractivity contribution < 1.29 is 34.2 Å². The summed E-state index contributed by atoms with van der Waals surface area (Å²) < 4.78 is 4.98. The van der Waals surface area contributed by atoms with E-state index in [-0.39, 0.29) is 19.4 Å². The number of hydroxylamine groups is 2. The van der Waals surface area contributed by atoms with Crippen molar-refractivity contribution in [3.63, 3.8) is 0 Å². The number of hydrogen-bond donors (Lipinski definition) is 2. The second-order valence-corrected chi connectivity index (χ2v) is 7.06. The molecule has 0 aromatic carbocycles. The molecule has 0 saturated heterocycles. The van der Waals surface area contributed by atoms with Gasteiger partial charge in [-0.3, -0.25) is 9.63 Å². The van der Waals surface area contributed by atoms with Crippen LogP contribution < -0.4 is 0 Å². The Morgan fingerprint density at radius 3 is 1.91 bits per heavy atom. The molecule has 0 heterocycles. The monoisotopic (exact) mass is 333 g/mol. The van der Waals surface area contributed by atoms with Crippen LogP contribution >= 0.6 is 0 Å². The molecule has 8 heteroatoms. The molecule has 134 valence electrons. The zero-order valence-electron chi connectivity index (χ0n) is 14.6. The molecule has 0 aliphatic heterocycles. The van der Waals surface area contributed by atoms with E-state index in [2.05, 4.69) is 0 Å². The average Bonchev–Trinajstić information content (AvgIpc) is 2.33. The molecule has 0 saturated carbocycles. The van der Waals surface area contributed by atoms with Crippen LogP contribution in [0.15, 0.2) is 0 Å². The number of aliphatic hydroxyl groups excluding tert-OH is 1. The zero-order chi connectivity index (χ0) is 18.4. The minimum Gasteiger partial charge on any atom is -0.480 e. The molecule has 1 amide bonds. The maximum absolute atomic E-state index is 12.3. The summed E-state index contributed by atoms with van der Waals surface area (Å²) in [5, 5.41) is 18.7. The van der Waals surface area contributed by atoms with Crippen molar-refractivity contribution in [2.45, 2.75) is 71.6 Å². The number of carboxylic acid groups (broad SMARTS) is 1. The molecule has 0 bridgehead atoms. The fourth-order valence-corrected chi connectivity index (χ4v) is 1.58. The summed E-state index contributed by atoms with van der Waals surface area (Å²) in [6.07, 6.45) is 0.0824. The standard InChI is InChI=1S/C15H27NO7/c1-14(2,3)22-13(21)11(18)16(23-15(4,5)6)10(12(19)20)8-7-9-17/h10,17H,7-9H2,1-6H3,(H,19,20)/t10-/m0/s1. The van der Waals surface area contributed by atoms with E-state index in [9.17, 15) is 19.5 Å². The van der Waals surface area contributed by atoms with Crippen molar-refractivity contribution in [1.82, 2.24) is 5.06 Å². The van der Waals surface area contributed by atoms with E-state index in [1.165, 1.54) is 0 Å². The van der Waals surface area contributed by atoms with Crippen molar-refractivity contribution in [3.05, 3.63) is 0 Å². The summed E-state index contributed by atoms with van der Waals surface area (Å²) in [6, 6.07) is -1.40. The molecule has 0 radical (unpaired) electrons. The van der Waals surface area contributed by atoms with Gasteiger partial charge in [0.05, 0.1) is 5.60 Å². The molecule has 0 aromatic heterocycles. The van der Waals surface area contributed by atoms with Gasteiger partial charge in [0.15, 0.2) is 6.04 Å². The molecule has 0 aliphatic rings. The zero-order valence-corrected chi connectivity index (χ0v) is 14.6. The lowest BCUT2D eigenvalue weighted by molar-refractivity contribution is -0.246. The Bertz CT molecular complexity index is 434. The molecule has 8 nitrogen and oxygen atoms in total. The van der Waals surface area contributed by atoms with Crippen molar-refractivity contribution >= 4 is 17.8 Å². The van der Waals surface area contributed by atoms with Crippen molar-refractivity contribution in [3.8, 4) is 0 Å². The normalized spacial score (nSPS) is 13.3. The highest BCUT2D eigenvalue weighted by atomic mass is 16.7. The number of aliphatic carboxylic acids is 1. The van der Waals surface area contributed by atoms with Crippen LogP contribution in [-0.4, -0.2) is 57.0 Å². The smallest absolute Gasteiger partial charge is 0.399 e. The van der Waals surface area contributed by atoms with Crippen LogP contribution in [0.25, 0.3) is 0 Å². The minimum absolute atomic E-state index is 0.0591. The third kappa shape index (κ3) is 8.51. The van der Waals surface area contributed by atoms with Gasteiger partial charge in [-0.15, -0.1) is 0 Å². The van der Waals surface area contributed by atoms with Crippen molar-refractivity contribution in [2.75, 3.05) is 6.61 Å². The molecule has 0 spiro atoms. The van der Waals surface area contributed by atoms with E-state index in [4.69, 9.17) is 14.7 Å².